The van der Waals surface area contributed by atoms with Gasteiger partial charge in [-0.2, -0.15) is 0 Å². The molecule has 1 aromatic rings. The van der Waals surface area contributed by atoms with Gasteiger partial charge >= 0.3 is 0 Å². The van der Waals surface area contributed by atoms with Gasteiger partial charge in [-0.1, -0.05) is 6.07 Å². The molecule has 0 spiro atoms. The molecule has 4 nitrogen and oxygen atoms in total. The fraction of sp³-hybridized carbons (Fsp3) is 0.625. The van der Waals surface area contributed by atoms with E-state index in [1.165, 1.54) is 25.8 Å². The summed E-state index contributed by atoms with van der Waals surface area (Å²) in [4.78, 5) is 2.60. The van der Waals surface area contributed by atoms with Gasteiger partial charge in [-0.15, -0.1) is 0 Å². The molecule has 2 unspecified atom stereocenters. The largest absolute Gasteiger partial charge is 0.507 e. The molecule has 0 bridgehead atoms. The predicted molar refractivity (Wildman–Crippen MR) is 79.2 cm³/mol. The summed E-state index contributed by atoms with van der Waals surface area (Å²) < 4.78 is 5.12. The van der Waals surface area contributed by atoms with Gasteiger partial charge in [0.15, 0.2) is 0 Å². The van der Waals surface area contributed by atoms with Crippen molar-refractivity contribution < 1.29 is 9.84 Å². The molecule has 2 aliphatic rings. The monoisotopic (exact) mass is 276 g/mol. The summed E-state index contributed by atoms with van der Waals surface area (Å²) in [6.45, 7) is 4.47. The van der Waals surface area contributed by atoms with Crippen molar-refractivity contribution in [3.05, 3.63) is 23.8 Å². The van der Waals surface area contributed by atoms with Crippen LogP contribution in [0.4, 0.5) is 0 Å². The lowest BCUT2D eigenvalue weighted by Crippen LogP contribution is -2.35. The van der Waals surface area contributed by atoms with Gasteiger partial charge < -0.3 is 15.2 Å². The van der Waals surface area contributed by atoms with Crippen LogP contribution in [0, 0.1) is 0 Å². The molecule has 1 heterocycles. The quantitative estimate of drug-likeness (QED) is 0.866. The van der Waals surface area contributed by atoms with Gasteiger partial charge in [0.25, 0.3) is 0 Å². The number of aromatic hydroxyl groups is 1. The van der Waals surface area contributed by atoms with E-state index in [0.717, 1.165) is 18.2 Å². The third kappa shape index (κ3) is 2.91. The Morgan fingerprint density at radius 1 is 1.35 bits per heavy atom. The summed E-state index contributed by atoms with van der Waals surface area (Å²) in [6, 6.07) is 7.07. The highest BCUT2D eigenvalue weighted by atomic mass is 16.5. The van der Waals surface area contributed by atoms with Crippen molar-refractivity contribution >= 4 is 0 Å². The van der Waals surface area contributed by atoms with E-state index in [-0.39, 0.29) is 6.04 Å². The third-order valence-electron chi connectivity index (χ3n) is 4.47. The maximum atomic E-state index is 10.1. The summed E-state index contributed by atoms with van der Waals surface area (Å²) >= 11 is 0. The molecule has 4 heteroatoms. The molecule has 2 fully saturated rings. The molecule has 0 amide bonds. The normalized spacial score (nSPS) is 24.8. The molecule has 20 heavy (non-hydrogen) atoms. The summed E-state index contributed by atoms with van der Waals surface area (Å²) in [5, 5.41) is 13.7. The molecule has 1 aromatic carbocycles. The summed E-state index contributed by atoms with van der Waals surface area (Å²) in [5.74, 6) is 1.00. The Morgan fingerprint density at radius 3 is 2.80 bits per heavy atom. The third-order valence-corrected chi connectivity index (χ3v) is 4.47. The number of nitrogens with zero attached hydrogens (tertiary/aromatic N) is 1. The zero-order valence-corrected chi connectivity index (χ0v) is 12.3. The van der Waals surface area contributed by atoms with Crippen LogP contribution in [0.1, 0.15) is 37.8 Å². The van der Waals surface area contributed by atoms with Gasteiger partial charge in [0.05, 0.1) is 7.11 Å². The smallest absolute Gasteiger partial charge is 0.124 e. The standard InChI is InChI=1S/C16H24N2O2/c1-11(15-6-5-14(20-2)9-16(15)19)17-12-7-8-18(10-12)13-3-4-13/h5-6,9,11-13,17,19H,3-4,7-8,10H2,1-2H3. The fourth-order valence-electron chi connectivity index (χ4n) is 3.15. The van der Waals surface area contributed by atoms with E-state index in [4.69, 9.17) is 4.74 Å². The van der Waals surface area contributed by atoms with Gasteiger partial charge in [0.2, 0.25) is 0 Å². The van der Waals surface area contributed by atoms with Crippen LogP contribution in [-0.4, -0.2) is 42.3 Å². The number of likely N-dealkylation sites (tertiary alicyclic amines) is 1. The average Bonchev–Trinajstić information content (AvgIpc) is 3.19. The first-order valence-electron chi connectivity index (χ1n) is 7.54. The minimum atomic E-state index is 0.157. The van der Waals surface area contributed by atoms with Crippen LogP contribution in [0.25, 0.3) is 0 Å². The van der Waals surface area contributed by atoms with Crippen LogP contribution in [-0.2, 0) is 0 Å². The molecule has 1 saturated carbocycles. The van der Waals surface area contributed by atoms with Gasteiger partial charge in [0.1, 0.15) is 11.5 Å². The Bertz CT molecular complexity index is 474. The number of ether oxygens (including phenoxy) is 1. The van der Waals surface area contributed by atoms with Gasteiger partial charge in [-0.25, -0.2) is 0 Å². The molecule has 0 aromatic heterocycles. The summed E-state index contributed by atoms with van der Waals surface area (Å²) in [5.41, 5.74) is 0.940. The minimum Gasteiger partial charge on any atom is -0.507 e. The van der Waals surface area contributed by atoms with E-state index in [1.54, 1.807) is 13.2 Å². The second kappa shape index (κ2) is 5.62. The minimum absolute atomic E-state index is 0.157. The molecule has 1 aliphatic carbocycles. The Hall–Kier alpha value is -1.26. The van der Waals surface area contributed by atoms with Gasteiger partial charge in [0, 0.05) is 42.8 Å². The van der Waals surface area contributed by atoms with Gasteiger partial charge in [-0.3, -0.25) is 4.90 Å². The van der Waals surface area contributed by atoms with E-state index < -0.39 is 0 Å². The molecule has 2 atom stereocenters. The van der Waals surface area contributed by atoms with Gasteiger partial charge in [-0.05, 0) is 32.3 Å². The van der Waals surface area contributed by atoms with Crippen molar-refractivity contribution in [2.75, 3.05) is 20.2 Å². The molecule has 3 rings (SSSR count). The van der Waals surface area contributed by atoms with Crippen molar-refractivity contribution in [3.63, 3.8) is 0 Å². The second-order valence-corrected chi connectivity index (χ2v) is 6.02. The highest BCUT2D eigenvalue weighted by molar-refractivity contribution is 5.41. The van der Waals surface area contributed by atoms with E-state index in [2.05, 4.69) is 17.1 Å². The summed E-state index contributed by atoms with van der Waals surface area (Å²) in [7, 11) is 1.61. The number of nitrogens with one attached hydrogen (secondary N) is 1. The molecular weight excluding hydrogens is 252 g/mol. The van der Waals surface area contributed by atoms with Crippen molar-refractivity contribution in [3.8, 4) is 11.5 Å². The first-order chi connectivity index (χ1) is 9.67. The number of phenolic OH excluding ortho intramolecular Hbond substituents is 1. The van der Waals surface area contributed by atoms with Crippen LogP contribution in [0.5, 0.6) is 11.5 Å². The average molecular weight is 276 g/mol. The van der Waals surface area contributed by atoms with E-state index in [0.29, 0.717) is 17.5 Å². The second-order valence-electron chi connectivity index (χ2n) is 6.02. The summed E-state index contributed by atoms with van der Waals surface area (Å²) in [6.07, 6.45) is 3.96. The van der Waals surface area contributed by atoms with E-state index in [9.17, 15) is 5.11 Å². The number of methoxy groups -OCH3 is 1. The van der Waals surface area contributed by atoms with Crippen LogP contribution in [0.2, 0.25) is 0 Å². The molecule has 110 valence electrons. The van der Waals surface area contributed by atoms with Crippen molar-refractivity contribution in [2.45, 2.75) is 44.3 Å². The Morgan fingerprint density at radius 2 is 2.15 bits per heavy atom. The van der Waals surface area contributed by atoms with E-state index in [1.807, 2.05) is 12.1 Å². The lowest BCUT2D eigenvalue weighted by atomic mass is 10.1. The van der Waals surface area contributed by atoms with Crippen LogP contribution in [0.15, 0.2) is 18.2 Å². The Labute approximate surface area is 120 Å². The van der Waals surface area contributed by atoms with Crippen LogP contribution >= 0.6 is 0 Å². The van der Waals surface area contributed by atoms with Crippen LogP contribution < -0.4 is 10.1 Å². The number of phenols is 1. The maximum Gasteiger partial charge on any atom is 0.124 e. The Balaban J connectivity index is 1.60. The topological polar surface area (TPSA) is 44.7 Å². The first kappa shape index (κ1) is 13.7. The maximum absolute atomic E-state index is 10.1. The van der Waals surface area contributed by atoms with Crippen molar-refractivity contribution in [1.29, 1.82) is 0 Å². The highest BCUT2D eigenvalue weighted by Gasteiger charge is 2.34. The predicted octanol–water partition coefficient (Wildman–Crippen LogP) is 2.29. The van der Waals surface area contributed by atoms with Crippen molar-refractivity contribution in [2.24, 2.45) is 0 Å². The number of rotatable bonds is 5. The molecular formula is C16H24N2O2. The zero-order valence-electron chi connectivity index (χ0n) is 12.3. The molecule has 0 radical (unpaired) electrons. The van der Waals surface area contributed by atoms with E-state index >= 15 is 0 Å². The lowest BCUT2D eigenvalue weighted by molar-refractivity contribution is 0.313. The SMILES string of the molecule is COc1ccc(C(C)NC2CCN(C3CC3)C2)c(O)c1. The van der Waals surface area contributed by atoms with Crippen molar-refractivity contribution in [1.82, 2.24) is 10.2 Å². The number of hydrogen-bond donors (Lipinski definition) is 2. The number of benzene rings is 1. The highest BCUT2D eigenvalue weighted by Crippen LogP contribution is 2.32. The Kier molecular flexibility index (Phi) is 3.85. The fourth-order valence-corrected chi connectivity index (χ4v) is 3.15. The molecule has 1 aliphatic heterocycles. The zero-order chi connectivity index (χ0) is 14.1. The number of hydrogen-bond acceptors (Lipinski definition) is 4. The lowest BCUT2D eigenvalue weighted by Gasteiger charge is -2.21. The first-order valence-corrected chi connectivity index (χ1v) is 7.54. The molecule has 2 N–H and O–H groups in total. The molecule has 1 saturated heterocycles. The van der Waals surface area contributed by atoms with Crippen LogP contribution in [0.3, 0.4) is 0 Å².